The van der Waals surface area contributed by atoms with Crippen LogP contribution in [0.2, 0.25) is 0 Å². The molecule has 2 atom stereocenters. The summed E-state index contributed by atoms with van der Waals surface area (Å²) in [5.41, 5.74) is 6.68. The minimum Gasteiger partial charge on any atom is -0.384 e. The largest absolute Gasteiger partial charge is 0.384 e. The van der Waals surface area contributed by atoms with Crippen molar-refractivity contribution >= 4 is 51.4 Å². The average molecular weight is 835 g/mol. The molecule has 0 radical (unpaired) electrons. The third-order valence-electron chi connectivity index (χ3n) is 13.8. The molecule has 1 saturated carbocycles. The Morgan fingerprint density at radius 1 is 0.935 bits per heavy atom. The number of imide groups is 1. The number of amides is 3. The van der Waals surface area contributed by atoms with Crippen LogP contribution in [0.3, 0.4) is 0 Å². The van der Waals surface area contributed by atoms with Gasteiger partial charge < -0.3 is 19.8 Å². The van der Waals surface area contributed by atoms with Gasteiger partial charge in [-0.25, -0.2) is 19.3 Å². The van der Waals surface area contributed by atoms with Crippen LogP contribution in [-0.2, 0) is 47.7 Å². The number of hydrogen-bond acceptors (Lipinski definition) is 12. The summed E-state index contributed by atoms with van der Waals surface area (Å²) >= 11 is 0. The number of benzene rings is 2. The van der Waals surface area contributed by atoms with Crippen LogP contribution in [0.1, 0.15) is 102 Å². The molecular formula is C46H46N10O6. The zero-order valence-corrected chi connectivity index (χ0v) is 34.4. The number of aromatic nitrogens is 6. The van der Waals surface area contributed by atoms with Crippen LogP contribution in [0.5, 0.6) is 0 Å². The number of fused-ring (bicyclic) bond motifs is 6. The summed E-state index contributed by atoms with van der Waals surface area (Å²) in [7, 11) is 0. The predicted octanol–water partition coefficient (Wildman–Crippen LogP) is 5.05. The Morgan fingerprint density at radius 3 is 2.58 bits per heavy atom. The SMILES string of the molecule is C=CCn1c(=O)c2cnc(Nc3ccc4c(c3)CCN([C@H]3CC[C@@H](N5Cc6ccc7c(C8CCC(=O)NC8=O)noc7c6C5)CC3)C4=O)nc2n1-c1ccc2c(n1)[C@](C)(O)CC2. The van der Waals surface area contributed by atoms with E-state index < -0.39 is 11.5 Å². The summed E-state index contributed by atoms with van der Waals surface area (Å²) in [5.74, 6) is -0.253. The van der Waals surface area contributed by atoms with Gasteiger partial charge in [-0.2, -0.15) is 4.98 Å². The van der Waals surface area contributed by atoms with Crippen molar-refractivity contribution in [1.29, 1.82) is 0 Å². The molecule has 16 nitrogen and oxygen atoms in total. The fourth-order valence-corrected chi connectivity index (χ4v) is 10.5. The molecule has 2 aliphatic carbocycles. The van der Waals surface area contributed by atoms with Crippen LogP contribution in [-0.4, -0.2) is 80.7 Å². The van der Waals surface area contributed by atoms with Crippen LogP contribution in [0, 0.1) is 0 Å². The number of rotatable bonds is 8. The summed E-state index contributed by atoms with van der Waals surface area (Å²) in [6.07, 6.45) is 9.73. The van der Waals surface area contributed by atoms with E-state index in [4.69, 9.17) is 14.5 Å². The number of nitrogens with one attached hydrogen (secondary N) is 2. The number of allylic oxidation sites excluding steroid dienone is 1. The Labute approximate surface area is 355 Å². The maximum atomic E-state index is 14.0. The molecule has 0 bridgehead atoms. The molecule has 3 amide bonds. The van der Waals surface area contributed by atoms with E-state index in [1.807, 2.05) is 36.4 Å². The van der Waals surface area contributed by atoms with Crippen LogP contribution in [0.25, 0.3) is 27.8 Å². The average Bonchev–Trinajstić information content (AvgIpc) is 4.03. The Balaban J connectivity index is 0.762. The van der Waals surface area contributed by atoms with Crippen molar-refractivity contribution in [3.05, 3.63) is 111 Å². The zero-order chi connectivity index (χ0) is 42.4. The summed E-state index contributed by atoms with van der Waals surface area (Å²) in [5, 5.41) is 22.2. The Hall–Kier alpha value is -6.52. The van der Waals surface area contributed by atoms with Gasteiger partial charge >= 0.3 is 0 Å². The fourth-order valence-electron chi connectivity index (χ4n) is 10.5. The zero-order valence-electron chi connectivity index (χ0n) is 34.4. The Kier molecular flexibility index (Phi) is 9.01. The minimum atomic E-state index is -1.06. The van der Waals surface area contributed by atoms with Crippen LogP contribution in [0.4, 0.5) is 11.6 Å². The lowest BCUT2D eigenvalue weighted by Gasteiger charge is -2.41. The van der Waals surface area contributed by atoms with E-state index in [0.29, 0.717) is 65.2 Å². The van der Waals surface area contributed by atoms with E-state index in [0.717, 1.165) is 85.0 Å². The third kappa shape index (κ3) is 6.25. The molecule has 62 heavy (non-hydrogen) atoms. The highest BCUT2D eigenvalue weighted by molar-refractivity contribution is 6.02. The first-order valence-corrected chi connectivity index (χ1v) is 21.6. The monoisotopic (exact) mass is 834 g/mol. The van der Waals surface area contributed by atoms with Gasteiger partial charge in [0, 0.05) is 66.5 Å². The molecule has 2 fully saturated rings. The van der Waals surface area contributed by atoms with Crippen molar-refractivity contribution in [2.45, 2.75) is 108 Å². The van der Waals surface area contributed by atoms with E-state index in [9.17, 15) is 24.3 Å². The molecule has 1 unspecified atom stereocenters. The molecule has 0 spiro atoms. The number of aryl methyl sites for hydroxylation is 1. The van der Waals surface area contributed by atoms with E-state index in [-0.39, 0.29) is 42.3 Å². The van der Waals surface area contributed by atoms with E-state index in [1.165, 1.54) is 16.4 Å². The second-order valence-corrected chi connectivity index (χ2v) is 17.6. The maximum Gasteiger partial charge on any atom is 0.278 e. The number of carbonyl (C=O) groups is 3. The number of pyridine rings is 1. The van der Waals surface area contributed by atoms with Gasteiger partial charge in [0.1, 0.15) is 16.7 Å². The number of piperidine rings is 1. The topological polar surface area (TPSA) is 194 Å². The van der Waals surface area contributed by atoms with Crippen LogP contribution >= 0.6 is 0 Å². The first-order valence-electron chi connectivity index (χ1n) is 21.6. The van der Waals surface area contributed by atoms with Crippen molar-refractivity contribution in [1.82, 2.24) is 44.6 Å². The smallest absolute Gasteiger partial charge is 0.278 e. The van der Waals surface area contributed by atoms with Gasteiger partial charge in [0.05, 0.1) is 18.2 Å². The molecule has 1 saturated heterocycles. The van der Waals surface area contributed by atoms with Crippen LogP contribution < -0.4 is 16.2 Å². The summed E-state index contributed by atoms with van der Waals surface area (Å²) in [4.78, 5) is 70.6. The number of nitrogens with zero attached hydrogens (tertiary/aromatic N) is 8. The van der Waals surface area contributed by atoms with Crippen LogP contribution in [0.15, 0.2) is 70.6 Å². The third-order valence-corrected chi connectivity index (χ3v) is 13.8. The standard InChI is InChI=1S/C46H46N10O6/c1-3-19-55-44(60)34-22-47-45(51-41(34)56(55)36-14-5-25-16-18-46(2,61)40(25)49-36)48-28-6-12-31-26(21-28)17-20-54(43(31)59)30-9-7-29(8-10-30)53-23-27-4-11-32-38(52-62-39(32)35(27)24-53)33-13-15-37(57)50-42(33)58/h3-6,11-12,14,21-22,29-30,33,61H,1,7-10,13,15-20,23-24H2,2H3,(H,47,48,51)(H,50,57,58)/t29-,30+,33?,46-/m1/s1. The second kappa shape index (κ2) is 14.6. The molecule has 4 aromatic heterocycles. The van der Waals surface area contributed by atoms with Gasteiger partial charge in [-0.15, -0.1) is 6.58 Å². The molecule has 2 aromatic carbocycles. The minimum absolute atomic E-state index is 0.0559. The van der Waals surface area contributed by atoms with E-state index >= 15 is 0 Å². The predicted molar refractivity (Wildman–Crippen MR) is 228 cm³/mol. The second-order valence-electron chi connectivity index (χ2n) is 17.6. The van der Waals surface area contributed by atoms with Crippen molar-refractivity contribution in [3.63, 3.8) is 0 Å². The first kappa shape index (κ1) is 38.4. The molecule has 3 aliphatic heterocycles. The molecule has 11 rings (SSSR count). The molecule has 3 N–H and O–H groups in total. The number of anilines is 2. The van der Waals surface area contributed by atoms with Crippen molar-refractivity contribution in [2.75, 3.05) is 11.9 Å². The maximum absolute atomic E-state index is 14.0. The van der Waals surface area contributed by atoms with Gasteiger partial charge in [-0.05, 0) is 105 Å². The molecule has 7 heterocycles. The summed E-state index contributed by atoms with van der Waals surface area (Å²) in [6.45, 7) is 8.04. The van der Waals surface area contributed by atoms with Gasteiger partial charge in [-0.1, -0.05) is 23.4 Å². The van der Waals surface area contributed by atoms with Gasteiger partial charge in [0.2, 0.25) is 17.8 Å². The first-order chi connectivity index (χ1) is 30.0. The van der Waals surface area contributed by atoms with Gasteiger partial charge in [0.25, 0.3) is 11.5 Å². The molecule has 6 aromatic rings. The molecule has 16 heteroatoms. The highest BCUT2D eigenvalue weighted by atomic mass is 16.5. The van der Waals surface area contributed by atoms with Crippen molar-refractivity contribution < 1.29 is 24.0 Å². The fraction of sp³-hybridized carbons (Fsp3) is 0.391. The van der Waals surface area contributed by atoms with Crippen molar-refractivity contribution in [3.8, 4) is 5.82 Å². The number of aliphatic hydroxyl groups is 1. The lowest BCUT2D eigenvalue weighted by molar-refractivity contribution is -0.134. The van der Waals surface area contributed by atoms with Gasteiger partial charge in [-0.3, -0.25) is 29.4 Å². The van der Waals surface area contributed by atoms with E-state index in [2.05, 4.69) is 43.2 Å². The molecule has 316 valence electrons. The van der Waals surface area contributed by atoms with E-state index in [1.54, 1.807) is 17.7 Å². The molecule has 5 aliphatic rings. The molecular weight excluding hydrogens is 789 g/mol. The number of hydrogen-bond donors (Lipinski definition) is 3. The Morgan fingerprint density at radius 2 is 1.76 bits per heavy atom. The summed E-state index contributed by atoms with van der Waals surface area (Å²) < 4.78 is 9.05. The lowest BCUT2D eigenvalue weighted by atomic mass is 9.87. The van der Waals surface area contributed by atoms with Gasteiger partial charge in [0.15, 0.2) is 17.0 Å². The quantitative estimate of drug-likeness (QED) is 0.137. The Bertz CT molecular complexity index is 2940. The number of carbonyl (C=O) groups excluding carboxylic acids is 3. The van der Waals surface area contributed by atoms with Crippen molar-refractivity contribution in [2.24, 2.45) is 0 Å². The lowest BCUT2D eigenvalue weighted by Crippen LogP contribution is -2.48. The normalized spacial score (nSPS) is 23.7. The summed E-state index contributed by atoms with van der Waals surface area (Å²) in [6, 6.07) is 14.2. The highest BCUT2D eigenvalue weighted by Gasteiger charge is 2.38. The highest BCUT2D eigenvalue weighted by Crippen LogP contribution is 2.40.